The van der Waals surface area contributed by atoms with Crippen LogP contribution in [0, 0.1) is 6.92 Å². The fourth-order valence-corrected chi connectivity index (χ4v) is 1.90. The molecule has 0 aliphatic heterocycles. The number of benzene rings is 2. The standard InChI is InChI=1S/C18H22O.C3H6.C2H6/c1-14-5-7-15(8-6-14)13-19-17-11-9-16(10-12-17)18(2,3)4;1-3-2;1-2/h5-12H,13H2,1-4H3;3H,1H2,2H3;1-2H3. The van der Waals surface area contributed by atoms with Crippen LogP contribution in [0.3, 0.4) is 0 Å². The lowest BCUT2D eigenvalue weighted by Crippen LogP contribution is -2.10. The summed E-state index contributed by atoms with van der Waals surface area (Å²) in [5.74, 6) is 0.925. The first-order valence-corrected chi connectivity index (χ1v) is 8.72. The monoisotopic (exact) mass is 326 g/mol. The van der Waals surface area contributed by atoms with Gasteiger partial charge in [0, 0.05) is 0 Å². The van der Waals surface area contributed by atoms with E-state index in [1.54, 1.807) is 6.08 Å². The van der Waals surface area contributed by atoms with Crippen LogP contribution in [-0.4, -0.2) is 0 Å². The molecule has 0 aliphatic carbocycles. The smallest absolute Gasteiger partial charge is 0.119 e. The predicted octanol–water partition coefficient (Wildman–Crippen LogP) is 7.09. The summed E-state index contributed by atoms with van der Waals surface area (Å²) in [7, 11) is 0. The van der Waals surface area contributed by atoms with Crippen LogP contribution in [0.1, 0.15) is 58.2 Å². The summed E-state index contributed by atoms with van der Waals surface area (Å²) in [5.41, 5.74) is 3.99. The molecule has 0 heterocycles. The van der Waals surface area contributed by atoms with E-state index >= 15 is 0 Å². The first kappa shape index (κ1) is 22.0. The van der Waals surface area contributed by atoms with Crippen LogP contribution >= 0.6 is 0 Å². The highest BCUT2D eigenvalue weighted by Crippen LogP contribution is 2.24. The van der Waals surface area contributed by atoms with Crippen molar-refractivity contribution in [1.82, 2.24) is 0 Å². The van der Waals surface area contributed by atoms with Crippen molar-refractivity contribution in [2.45, 2.75) is 60.5 Å². The summed E-state index contributed by atoms with van der Waals surface area (Å²) in [6.07, 6.45) is 1.75. The third-order valence-corrected chi connectivity index (χ3v) is 3.25. The minimum atomic E-state index is 0.190. The van der Waals surface area contributed by atoms with Crippen molar-refractivity contribution in [2.24, 2.45) is 0 Å². The van der Waals surface area contributed by atoms with Crippen molar-refractivity contribution in [2.75, 3.05) is 0 Å². The largest absolute Gasteiger partial charge is 0.489 e. The van der Waals surface area contributed by atoms with Crippen LogP contribution in [0.5, 0.6) is 5.75 Å². The summed E-state index contributed by atoms with van der Waals surface area (Å²) in [5, 5.41) is 0. The summed E-state index contributed by atoms with van der Waals surface area (Å²) in [6.45, 7) is 18.6. The molecule has 0 fully saturated rings. The molecule has 0 amide bonds. The topological polar surface area (TPSA) is 9.23 Å². The number of hydrogen-bond acceptors (Lipinski definition) is 1. The van der Waals surface area contributed by atoms with Crippen LogP contribution in [0.15, 0.2) is 61.2 Å². The second-order valence-electron chi connectivity index (χ2n) is 6.46. The predicted molar refractivity (Wildman–Crippen MR) is 108 cm³/mol. The lowest BCUT2D eigenvalue weighted by atomic mass is 9.87. The van der Waals surface area contributed by atoms with Crippen LogP contribution < -0.4 is 4.74 Å². The fourth-order valence-electron chi connectivity index (χ4n) is 1.90. The van der Waals surface area contributed by atoms with Gasteiger partial charge in [0.25, 0.3) is 0 Å². The normalized spacial score (nSPS) is 9.79. The van der Waals surface area contributed by atoms with Crippen LogP contribution in [0.2, 0.25) is 0 Å². The molecule has 0 unspecified atom stereocenters. The second-order valence-corrected chi connectivity index (χ2v) is 6.46. The van der Waals surface area contributed by atoms with Gasteiger partial charge in [0.1, 0.15) is 12.4 Å². The van der Waals surface area contributed by atoms with E-state index in [1.807, 2.05) is 20.8 Å². The molecule has 132 valence electrons. The molecule has 0 atom stereocenters. The van der Waals surface area contributed by atoms with Gasteiger partial charge < -0.3 is 4.74 Å². The molecule has 0 saturated carbocycles. The molecule has 1 nitrogen and oxygen atoms in total. The van der Waals surface area contributed by atoms with Gasteiger partial charge in [-0.2, -0.15) is 0 Å². The van der Waals surface area contributed by atoms with E-state index in [0.717, 1.165) is 5.75 Å². The molecule has 0 saturated heterocycles. The molecule has 0 aliphatic rings. The molecule has 0 aromatic heterocycles. The van der Waals surface area contributed by atoms with E-state index in [0.29, 0.717) is 6.61 Å². The summed E-state index contributed by atoms with van der Waals surface area (Å²) in [4.78, 5) is 0. The highest BCUT2D eigenvalue weighted by Gasteiger charge is 2.12. The molecule has 2 aromatic rings. The maximum Gasteiger partial charge on any atom is 0.119 e. The van der Waals surface area contributed by atoms with E-state index in [2.05, 4.69) is 82.8 Å². The van der Waals surface area contributed by atoms with Crippen molar-refractivity contribution in [1.29, 1.82) is 0 Å². The number of aryl methyl sites for hydroxylation is 1. The van der Waals surface area contributed by atoms with Crippen molar-refractivity contribution in [3.05, 3.63) is 77.9 Å². The van der Waals surface area contributed by atoms with Crippen LogP contribution in [0.4, 0.5) is 0 Å². The molecular weight excluding hydrogens is 292 g/mol. The zero-order valence-corrected chi connectivity index (χ0v) is 16.5. The second kappa shape index (κ2) is 11.5. The quantitative estimate of drug-likeness (QED) is 0.547. The fraction of sp³-hybridized carbons (Fsp3) is 0.391. The number of hydrogen-bond donors (Lipinski definition) is 0. The Kier molecular flexibility index (Phi) is 10.5. The molecule has 2 rings (SSSR count). The Labute approximate surface area is 149 Å². The zero-order chi connectivity index (χ0) is 18.6. The maximum atomic E-state index is 5.80. The minimum absolute atomic E-state index is 0.190. The van der Waals surface area contributed by atoms with Gasteiger partial charge in [-0.3, -0.25) is 0 Å². The molecule has 0 N–H and O–H groups in total. The van der Waals surface area contributed by atoms with Gasteiger partial charge in [0.15, 0.2) is 0 Å². The molecule has 0 radical (unpaired) electrons. The van der Waals surface area contributed by atoms with Crippen LogP contribution in [0.25, 0.3) is 0 Å². The summed E-state index contributed by atoms with van der Waals surface area (Å²) in [6, 6.07) is 16.8. The van der Waals surface area contributed by atoms with E-state index in [-0.39, 0.29) is 5.41 Å². The Morgan fingerprint density at radius 2 is 1.38 bits per heavy atom. The lowest BCUT2D eigenvalue weighted by Gasteiger charge is -2.19. The average Bonchev–Trinajstić information content (AvgIpc) is 2.56. The van der Waals surface area contributed by atoms with Crippen molar-refractivity contribution >= 4 is 0 Å². The van der Waals surface area contributed by atoms with Crippen molar-refractivity contribution in [3.63, 3.8) is 0 Å². The third kappa shape index (κ3) is 8.57. The summed E-state index contributed by atoms with van der Waals surface area (Å²) >= 11 is 0. The Morgan fingerprint density at radius 3 is 1.79 bits per heavy atom. The molecule has 2 aromatic carbocycles. The minimum Gasteiger partial charge on any atom is -0.489 e. The van der Waals surface area contributed by atoms with Gasteiger partial charge in [0.05, 0.1) is 0 Å². The number of ether oxygens (including phenoxy) is 1. The first-order chi connectivity index (χ1) is 11.4. The average molecular weight is 327 g/mol. The molecular formula is C23H34O. The molecule has 0 spiro atoms. The third-order valence-electron chi connectivity index (χ3n) is 3.25. The van der Waals surface area contributed by atoms with Gasteiger partial charge >= 0.3 is 0 Å². The Balaban J connectivity index is 0.000000952. The zero-order valence-electron chi connectivity index (χ0n) is 16.5. The highest BCUT2D eigenvalue weighted by molar-refractivity contribution is 5.31. The van der Waals surface area contributed by atoms with Crippen molar-refractivity contribution < 1.29 is 4.74 Å². The van der Waals surface area contributed by atoms with E-state index in [1.165, 1.54) is 16.7 Å². The first-order valence-electron chi connectivity index (χ1n) is 8.72. The summed E-state index contributed by atoms with van der Waals surface area (Å²) < 4.78 is 5.80. The van der Waals surface area contributed by atoms with Crippen LogP contribution in [-0.2, 0) is 12.0 Å². The Morgan fingerprint density at radius 1 is 0.917 bits per heavy atom. The number of allylic oxidation sites excluding steroid dienone is 1. The molecule has 24 heavy (non-hydrogen) atoms. The SMILES string of the molecule is C=CC.CC.Cc1ccc(COc2ccc(C(C)(C)C)cc2)cc1. The van der Waals surface area contributed by atoms with Gasteiger partial charge in [-0.25, -0.2) is 0 Å². The van der Waals surface area contributed by atoms with Gasteiger partial charge in [0.2, 0.25) is 0 Å². The molecule has 0 bridgehead atoms. The van der Waals surface area contributed by atoms with E-state index in [4.69, 9.17) is 4.74 Å². The Bertz CT molecular complexity index is 556. The van der Waals surface area contributed by atoms with E-state index < -0.39 is 0 Å². The lowest BCUT2D eigenvalue weighted by molar-refractivity contribution is 0.306. The maximum absolute atomic E-state index is 5.80. The van der Waals surface area contributed by atoms with Crippen molar-refractivity contribution in [3.8, 4) is 5.75 Å². The van der Waals surface area contributed by atoms with E-state index in [9.17, 15) is 0 Å². The van der Waals surface area contributed by atoms with Gasteiger partial charge in [-0.05, 0) is 42.5 Å². The highest BCUT2D eigenvalue weighted by atomic mass is 16.5. The Hall–Kier alpha value is -2.02. The van der Waals surface area contributed by atoms with Gasteiger partial charge in [-0.1, -0.05) is 82.7 Å². The molecule has 1 heteroatoms. The number of rotatable bonds is 3. The van der Waals surface area contributed by atoms with Gasteiger partial charge in [-0.15, -0.1) is 6.58 Å².